The molecular weight excluding hydrogens is 380 g/mol. The second kappa shape index (κ2) is 7.63. The van der Waals surface area contributed by atoms with Gasteiger partial charge in [-0.3, -0.25) is 9.10 Å². The predicted molar refractivity (Wildman–Crippen MR) is 107 cm³/mol. The summed E-state index contributed by atoms with van der Waals surface area (Å²) < 4.78 is 30.4. The molecule has 0 unspecified atom stereocenters. The van der Waals surface area contributed by atoms with E-state index in [1.54, 1.807) is 24.3 Å². The Labute approximate surface area is 164 Å². The summed E-state index contributed by atoms with van der Waals surface area (Å²) >= 11 is 0. The number of fused-ring (bicyclic) bond motifs is 1. The van der Waals surface area contributed by atoms with Gasteiger partial charge in [-0.1, -0.05) is 18.2 Å². The van der Waals surface area contributed by atoms with Crippen molar-refractivity contribution in [3.63, 3.8) is 0 Å². The van der Waals surface area contributed by atoms with Gasteiger partial charge < -0.3 is 10.1 Å². The largest absolute Gasteiger partial charge is 0.452 e. The number of nitrogens with zero attached hydrogens (tertiary/aromatic N) is 1. The van der Waals surface area contributed by atoms with Gasteiger partial charge in [0.15, 0.2) is 6.61 Å². The van der Waals surface area contributed by atoms with Crippen LogP contribution in [0.1, 0.15) is 28.4 Å². The molecule has 1 atom stereocenters. The molecule has 1 N–H and O–H groups in total. The second-order valence-corrected chi connectivity index (χ2v) is 8.75. The van der Waals surface area contributed by atoms with Crippen molar-refractivity contribution in [1.29, 1.82) is 0 Å². The smallest absolute Gasteiger partial charge is 0.338 e. The van der Waals surface area contributed by atoms with Gasteiger partial charge in [0, 0.05) is 11.7 Å². The summed E-state index contributed by atoms with van der Waals surface area (Å²) in [6.07, 6.45) is 1.67. The third kappa shape index (κ3) is 4.17. The molecule has 28 heavy (non-hydrogen) atoms. The number of amides is 1. The highest BCUT2D eigenvalue weighted by Gasteiger charge is 2.32. The van der Waals surface area contributed by atoms with Crippen LogP contribution < -0.4 is 9.62 Å². The highest BCUT2D eigenvalue weighted by atomic mass is 32.2. The summed E-state index contributed by atoms with van der Waals surface area (Å²) in [5, 5.41) is 2.70. The van der Waals surface area contributed by atoms with Gasteiger partial charge >= 0.3 is 5.97 Å². The van der Waals surface area contributed by atoms with Crippen molar-refractivity contribution < 1.29 is 22.7 Å². The number of sulfonamides is 1. The van der Waals surface area contributed by atoms with E-state index in [0.29, 0.717) is 17.8 Å². The van der Waals surface area contributed by atoms with Gasteiger partial charge in [0.25, 0.3) is 5.91 Å². The summed E-state index contributed by atoms with van der Waals surface area (Å²) in [5.41, 5.74) is 3.19. The first kappa shape index (κ1) is 19.9. The van der Waals surface area contributed by atoms with Gasteiger partial charge in [-0.05, 0) is 55.7 Å². The van der Waals surface area contributed by atoms with Crippen LogP contribution in [0.4, 0.5) is 11.4 Å². The maximum atomic E-state index is 12.3. The number of benzene rings is 2. The van der Waals surface area contributed by atoms with E-state index in [2.05, 4.69) is 5.32 Å². The standard InChI is InChI=1S/C20H22N2O5S/c1-13-6-4-5-7-17(13)21-19(23)12-27-20(24)15-8-9-18-16(11-15)10-14(2)22(18)28(3,25)26/h4-9,11,14H,10,12H2,1-3H3,(H,21,23)/t14-/m0/s1. The molecule has 148 valence electrons. The van der Waals surface area contributed by atoms with E-state index in [4.69, 9.17) is 4.74 Å². The lowest BCUT2D eigenvalue weighted by molar-refractivity contribution is -0.119. The Hall–Kier alpha value is -2.87. The van der Waals surface area contributed by atoms with Crippen LogP contribution in [0.2, 0.25) is 0 Å². The van der Waals surface area contributed by atoms with E-state index >= 15 is 0 Å². The van der Waals surface area contributed by atoms with Crippen LogP contribution in [0.25, 0.3) is 0 Å². The fourth-order valence-corrected chi connectivity index (χ4v) is 4.61. The van der Waals surface area contributed by atoms with Crippen LogP contribution in [0, 0.1) is 6.92 Å². The Morgan fingerprint density at radius 2 is 1.93 bits per heavy atom. The molecule has 1 aliphatic heterocycles. The monoisotopic (exact) mass is 402 g/mol. The molecule has 7 nitrogen and oxygen atoms in total. The number of carbonyl (C=O) groups is 2. The molecule has 0 aliphatic carbocycles. The molecular formula is C20H22N2O5S. The molecule has 0 saturated carbocycles. The summed E-state index contributed by atoms with van der Waals surface area (Å²) in [4.78, 5) is 24.3. The van der Waals surface area contributed by atoms with Gasteiger partial charge in [-0.2, -0.15) is 0 Å². The Morgan fingerprint density at radius 1 is 1.21 bits per heavy atom. The first-order valence-electron chi connectivity index (χ1n) is 8.82. The first-order chi connectivity index (χ1) is 13.2. The van der Waals surface area contributed by atoms with E-state index in [-0.39, 0.29) is 11.6 Å². The molecule has 1 aliphatic rings. The third-order valence-electron chi connectivity index (χ3n) is 4.58. The number of hydrogen-bond acceptors (Lipinski definition) is 5. The molecule has 1 amide bonds. The van der Waals surface area contributed by atoms with Gasteiger partial charge in [-0.15, -0.1) is 0 Å². The number of ether oxygens (including phenoxy) is 1. The molecule has 3 rings (SSSR count). The molecule has 0 fully saturated rings. The fraction of sp³-hybridized carbons (Fsp3) is 0.300. The normalized spacial score (nSPS) is 15.8. The van der Waals surface area contributed by atoms with Crippen LogP contribution in [-0.2, 0) is 26.0 Å². The molecule has 0 saturated heterocycles. The quantitative estimate of drug-likeness (QED) is 0.776. The maximum Gasteiger partial charge on any atom is 0.338 e. The molecule has 0 radical (unpaired) electrons. The highest BCUT2D eigenvalue weighted by Crippen LogP contribution is 2.34. The van der Waals surface area contributed by atoms with Crippen molar-refractivity contribution in [1.82, 2.24) is 0 Å². The minimum atomic E-state index is -3.39. The lowest BCUT2D eigenvalue weighted by atomic mass is 10.1. The van der Waals surface area contributed by atoms with Crippen LogP contribution in [0.5, 0.6) is 0 Å². The Kier molecular flexibility index (Phi) is 5.42. The van der Waals surface area contributed by atoms with Gasteiger partial charge in [0.1, 0.15) is 0 Å². The summed E-state index contributed by atoms with van der Waals surface area (Å²) in [6, 6.07) is 11.8. The summed E-state index contributed by atoms with van der Waals surface area (Å²) in [6.45, 7) is 3.28. The average Bonchev–Trinajstić information content (AvgIpc) is 2.96. The fourth-order valence-electron chi connectivity index (χ4n) is 3.35. The highest BCUT2D eigenvalue weighted by molar-refractivity contribution is 7.92. The topological polar surface area (TPSA) is 92.8 Å². The van der Waals surface area contributed by atoms with Crippen molar-refractivity contribution in [2.45, 2.75) is 26.3 Å². The lowest BCUT2D eigenvalue weighted by Crippen LogP contribution is -2.34. The Balaban J connectivity index is 1.65. The number of para-hydroxylation sites is 1. The van der Waals surface area contributed by atoms with E-state index in [1.807, 2.05) is 26.0 Å². The van der Waals surface area contributed by atoms with Crippen molar-refractivity contribution >= 4 is 33.3 Å². The number of carbonyl (C=O) groups excluding carboxylic acids is 2. The SMILES string of the molecule is Cc1ccccc1NC(=O)COC(=O)c1ccc2c(c1)C[C@H](C)N2S(C)(=O)=O. The first-order valence-corrected chi connectivity index (χ1v) is 10.7. The number of nitrogens with one attached hydrogen (secondary N) is 1. The minimum Gasteiger partial charge on any atom is -0.452 e. The molecule has 2 aromatic rings. The van der Waals surface area contributed by atoms with Gasteiger partial charge in [0.05, 0.1) is 17.5 Å². The molecule has 8 heteroatoms. The number of esters is 1. The van der Waals surface area contributed by atoms with E-state index in [1.165, 1.54) is 10.4 Å². The number of hydrogen-bond donors (Lipinski definition) is 1. The lowest BCUT2D eigenvalue weighted by Gasteiger charge is -2.21. The van der Waals surface area contributed by atoms with Crippen LogP contribution in [-0.4, -0.2) is 39.2 Å². The molecule has 0 spiro atoms. The zero-order chi connectivity index (χ0) is 20.5. The maximum absolute atomic E-state index is 12.3. The minimum absolute atomic E-state index is 0.212. The number of anilines is 2. The Morgan fingerprint density at radius 3 is 2.61 bits per heavy atom. The second-order valence-electron chi connectivity index (χ2n) is 6.89. The average molecular weight is 402 g/mol. The van der Waals surface area contributed by atoms with E-state index in [0.717, 1.165) is 17.4 Å². The molecule has 0 bridgehead atoms. The number of rotatable bonds is 5. The zero-order valence-electron chi connectivity index (χ0n) is 15.9. The van der Waals surface area contributed by atoms with E-state index in [9.17, 15) is 18.0 Å². The van der Waals surface area contributed by atoms with Gasteiger partial charge in [0.2, 0.25) is 10.0 Å². The van der Waals surface area contributed by atoms with E-state index < -0.39 is 28.5 Å². The van der Waals surface area contributed by atoms with Crippen molar-refractivity contribution in [3.05, 3.63) is 59.2 Å². The molecule has 2 aromatic carbocycles. The van der Waals surface area contributed by atoms with Crippen molar-refractivity contribution in [2.75, 3.05) is 22.5 Å². The number of aryl methyl sites for hydroxylation is 1. The summed E-state index contributed by atoms with van der Waals surface area (Å²) in [7, 11) is -3.39. The van der Waals surface area contributed by atoms with Crippen LogP contribution in [0.15, 0.2) is 42.5 Å². The molecule has 1 heterocycles. The molecule has 0 aromatic heterocycles. The Bertz CT molecular complexity index is 1030. The van der Waals surface area contributed by atoms with Gasteiger partial charge in [-0.25, -0.2) is 13.2 Å². The zero-order valence-corrected chi connectivity index (χ0v) is 16.7. The van der Waals surface area contributed by atoms with Crippen molar-refractivity contribution in [2.24, 2.45) is 0 Å². The van der Waals surface area contributed by atoms with Crippen LogP contribution in [0.3, 0.4) is 0 Å². The summed E-state index contributed by atoms with van der Waals surface area (Å²) in [5.74, 6) is -1.06. The van der Waals surface area contributed by atoms with Crippen molar-refractivity contribution in [3.8, 4) is 0 Å². The predicted octanol–water partition coefficient (Wildman–Crippen LogP) is 2.50. The van der Waals surface area contributed by atoms with Crippen LogP contribution >= 0.6 is 0 Å². The third-order valence-corrected chi connectivity index (χ3v) is 5.85.